The van der Waals surface area contributed by atoms with Gasteiger partial charge in [0.05, 0.1) is 22.6 Å². The third-order valence-electron chi connectivity index (χ3n) is 2.72. The molecule has 6 nitrogen and oxygen atoms in total. The first-order chi connectivity index (χ1) is 9.97. The van der Waals surface area contributed by atoms with Gasteiger partial charge >= 0.3 is 12.0 Å². The molecule has 0 saturated heterocycles. The van der Waals surface area contributed by atoms with Gasteiger partial charge in [0.2, 0.25) is 0 Å². The first-order valence-electron chi connectivity index (χ1n) is 6.00. The molecule has 21 heavy (non-hydrogen) atoms. The van der Waals surface area contributed by atoms with Gasteiger partial charge in [-0.05, 0) is 37.3 Å². The number of hydrogen-bond acceptors (Lipinski definition) is 3. The van der Waals surface area contributed by atoms with Crippen molar-refractivity contribution in [2.24, 2.45) is 0 Å². The lowest BCUT2D eigenvalue weighted by Crippen LogP contribution is -2.21. The van der Waals surface area contributed by atoms with E-state index >= 15 is 0 Å². The number of halogens is 1. The fourth-order valence-electron chi connectivity index (χ4n) is 1.69. The zero-order valence-electron chi connectivity index (χ0n) is 11.1. The Bertz CT molecular complexity index is 704. The minimum absolute atomic E-state index is 0.0828. The molecule has 0 bridgehead atoms. The molecule has 0 radical (unpaired) electrons. The first-order valence-corrected chi connectivity index (χ1v) is 6.37. The third-order valence-corrected chi connectivity index (χ3v) is 2.95. The van der Waals surface area contributed by atoms with E-state index in [0.29, 0.717) is 11.4 Å². The van der Waals surface area contributed by atoms with E-state index in [2.05, 4.69) is 15.6 Å². The van der Waals surface area contributed by atoms with Crippen LogP contribution < -0.4 is 10.6 Å². The predicted molar refractivity (Wildman–Crippen MR) is 80.0 cm³/mol. The maximum absolute atomic E-state index is 11.9. The van der Waals surface area contributed by atoms with Crippen molar-refractivity contribution in [2.45, 2.75) is 6.92 Å². The van der Waals surface area contributed by atoms with E-state index in [1.165, 1.54) is 18.2 Å². The summed E-state index contributed by atoms with van der Waals surface area (Å²) in [5, 5.41) is 14.5. The highest BCUT2D eigenvalue weighted by molar-refractivity contribution is 6.31. The number of benzene rings is 1. The van der Waals surface area contributed by atoms with Crippen LogP contribution in [0.5, 0.6) is 0 Å². The number of nitrogens with zero attached hydrogens (tertiary/aromatic N) is 1. The lowest BCUT2D eigenvalue weighted by Gasteiger charge is -2.11. The summed E-state index contributed by atoms with van der Waals surface area (Å²) in [4.78, 5) is 27.1. The summed E-state index contributed by atoms with van der Waals surface area (Å²) in [7, 11) is 0. The summed E-state index contributed by atoms with van der Waals surface area (Å²) in [6.45, 7) is 1.75. The molecular weight excluding hydrogens is 294 g/mol. The van der Waals surface area contributed by atoms with E-state index in [1.807, 2.05) is 0 Å². The van der Waals surface area contributed by atoms with E-state index in [1.54, 1.807) is 25.3 Å². The third kappa shape index (κ3) is 3.70. The molecule has 3 N–H and O–H groups in total. The highest BCUT2D eigenvalue weighted by Crippen LogP contribution is 2.21. The van der Waals surface area contributed by atoms with E-state index in [0.717, 1.165) is 0 Å². The van der Waals surface area contributed by atoms with Crippen molar-refractivity contribution < 1.29 is 14.7 Å². The molecule has 2 amide bonds. The summed E-state index contributed by atoms with van der Waals surface area (Å²) in [6, 6.07) is 7.03. The SMILES string of the molecule is Cc1ncccc1NC(=O)Nc1ccc(Cl)cc1C(=O)O. The van der Waals surface area contributed by atoms with Gasteiger partial charge in [-0.2, -0.15) is 0 Å². The highest BCUT2D eigenvalue weighted by Gasteiger charge is 2.13. The number of carbonyl (C=O) groups excluding carboxylic acids is 1. The topological polar surface area (TPSA) is 91.3 Å². The summed E-state index contributed by atoms with van der Waals surface area (Å²) in [5.74, 6) is -1.18. The predicted octanol–water partition coefficient (Wildman–Crippen LogP) is 3.39. The largest absolute Gasteiger partial charge is 0.478 e. The van der Waals surface area contributed by atoms with Crippen molar-refractivity contribution in [2.75, 3.05) is 10.6 Å². The normalized spacial score (nSPS) is 10.0. The van der Waals surface area contributed by atoms with Gasteiger partial charge in [0.1, 0.15) is 0 Å². The second kappa shape index (κ2) is 6.23. The van der Waals surface area contributed by atoms with Gasteiger partial charge in [-0.1, -0.05) is 11.6 Å². The molecule has 7 heteroatoms. The van der Waals surface area contributed by atoms with Gasteiger partial charge < -0.3 is 15.7 Å². The summed E-state index contributed by atoms with van der Waals surface area (Å²) >= 11 is 5.75. The van der Waals surface area contributed by atoms with E-state index < -0.39 is 12.0 Å². The Hall–Kier alpha value is -2.60. The maximum atomic E-state index is 11.9. The van der Waals surface area contributed by atoms with Crippen molar-refractivity contribution in [3.63, 3.8) is 0 Å². The molecule has 0 unspecified atom stereocenters. The zero-order valence-corrected chi connectivity index (χ0v) is 11.8. The minimum atomic E-state index is -1.18. The fourth-order valence-corrected chi connectivity index (χ4v) is 1.87. The molecule has 1 aromatic carbocycles. The number of urea groups is 1. The molecule has 0 fully saturated rings. The van der Waals surface area contributed by atoms with Crippen LogP contribution in [-0.2, 0) is 0 Å². The number of amides is 2. The molecule has 1 aromatic heterocycles. The number of carbonyl (C=O) groups is 2. The number of anilines is 2. The van der Waals surface area contributed by atoms with Crippen molar-refractivity contribution >= 4 is 35.0 Å². The average molecular weight is 306 g/mol. The molecule has 0 aliphatic heterocycles. The van der Waals surface area contributed by atoms with Crippen LogP contribution in [0.25, 0.3) is 0 Å². The monoisotopic (exact) mass is 305 g/mol. The number of carboxylic acids is 1. The Labute approximate surface area is 125 Å². The second-order valence-electron chi connectivity index (χ2n) is 4.21. The number of hydrogen-bond donors (Lipinski definition) is 3. The number of rotatable bonds is 3. The van der Waals surface area contributed by atoms with Crippen molar-refractivity contribution in [3.8, 4) is 0 Å². The van der Waals surface area contributed by atoms with Gasteiger partial charge in [-0.15, -0.1) is 0 Å². The lowest BCUT2D eigenvalue weighted by atomic mass is 10.2. The van der Waals surface area contributed by atoms with Gasteiger partial charge in [-0.25, -0.2) is 9.59 Å². The first kappa shape index (κ1) is 14.8. The smallest absolute Gasteiger partial charge is 0.337 e. The van der Waals surface area contributed by atoms with Gasteiger partial charge in [0, 0.05) is 11.2 Å². The molecule has 0 aliphatic carbocycles. The van der Waals surface area contributed by atoms with Crippen LogP contribution in [-0.4, -0.2) is 22.1 Å². The molecule has 0 saturated carbocycles. The Morgan fingerprint density at radius 2 is 1.90 bits per heavy atom. The molecule has 0 aliphatic rings. The van der Waals surface area contributed by atoms with Gasteiger partial charge in [0.25, 0.3) is 0 Å². The van der Waals surface area contributed by atoms with E-state index in [-0.39, 0.29) is 16.3 Å². The van der Waals surface area contributed by atoms with Gasteiger partial charge in [0.15, 0.2) is 0 Å². The quantitative estimate of drug-likeness (QED) is 0.810. The van der Waals surface area contributed by atoms with Crippen LogP contribution in [0.3, 0.4) is 0 Å². The molecule has 2 rings (SSSR count). The Morgan fingerprint density at radius 1 is 1.19 bits per heavy atom. The van der Waals surface area contributed by atoms with Gasteiger partial charge in [-0.3, -0.25) is 4.98 Å². The molecule has 0 spiro atoms. The number of pyridine rings is 1. The number of carboxylic acid groups (broad SMARTS) is 1. The van der Waals surface area contributed by atoms with Crippen LogP contribution in [0.1, 0.15) is 16.1 Å². The van der Waals surface area contributed by atoms with Crippen LogP contribution in [0.2, 0.25) is 5.02 Å². The Kier molecular flexibility index (Phi) is 4.39. The maximum Gasteiger partial charge on any atom is 0.337 e. The van der Waals surface area contributed by atoms with E-state index in [9.17, 15) is 9.59 Å². The summed E-state index contributed by atoms with van der Waals surface area (Å²) in [5.41, 5.74) is 1.27. The fraction of sp³-hybridized carbons (Fsp3) is 0.0714. The summed E-state index contributed by atoms with van der Waals surface area (Å²) in [6.07, 6.45) is 1.61. The van der Waals surface area contributed by atoms with Crippen LogP contribution in [0.4, 0.5) is 16.2 Å². The lowest BCUT2D eigenvalue weighted by molar-refractivity contribution is 0.0698. The Morgan fingerprint density at radius 3 is 2.57 bits per heavy atom. The van der Waals surface area contributed by atoms with Crippen LogP contribution >= 0.6 is 11.6 Å². The molecule has 2 aromatic rings. The van der Waals surface area contributed by atoms with Crippen molar-refractivity contribution in [1.29, 1.82) is 0 Å². The number of aromatic nitrogens is 1. The zero-order chi connectivity index (χ0) is 15.4. The van der Waals surface area contributed by atoms with E-state index in [4.69, 9.17) is 16.7 Å². The summed E-state index contributed by atoms with van der Waals surface area (Å²) < 4.78 is 0. The minimum Gasteiger partial charge on any atom is -0.478 e. The molecule has 0 atom stereocenters. The standard InChI is InChI=1S/C14H12ClN3O3/c1-8-11(3-2-6-16-8)17-14(21)18-12-5-4-9(15)7-10(12)13(19)20/h2-7H,1H3,(H,19,20)(H2,17,18,21). The number of aromatic carboxylic acids is 1. The highest BCUT2D eigenvalue weighted by atomic mass is 35.5. The van der Waals surface area contributed by atoms with Crippen LogP contribution in [0.15, 0.2) is 36.5 Å². The van der Waals surface area contributed by atoms with Crippen molar-refractivity contribution in [1.82, 2.24) is 4.98 Å². The molecule has 108 valence electrons. The number of nitrogens with one attached hydrogen (secondary N) is 2. The average Bonchev–Trinajstić information content (AvgIpc) is 2.43. The Balaban J connectivity index is 2.17. The second-order valence-corrected chi connectivity index (χ2v) is 4.65. The molecular formula is C14H12ClN3O3. The van der Waals surface area contributed by atoms with Crippen LogP contribution in [0, 0.1) is 6.92 Å². The molecule has 1 heterocycles. The van der Waals surface area contributed by atoms with Crippen molar-refractivity contribution in [3.05, 3.63) is 52.8 Å². The number of aryl methyl sites for hydroxylation is 1.